The second-order valence-electron chi connectivity index (χ2n) is 7.32. The summed E-state index contributed by atoms with van der Waals surface area (Å²) < 4.78 is 7.66. The number of aromatic nitrogens is 2. The molecule has 158 valence electrons. The maximum Gasteiger partial charge on any atom is 0.242 e. The molecule has 3 aromatic rings. The first kappa shape index (κ1) is 21.6. The van der Waals surface area contributed by atoms with Crippen LogP contribution in [0, 0.1) is 0 Å². The lowest BCUT2D eigenvalue weighted by Crippen LogP contribution is -2.42. The van der Waals surface area contributed by atoms with Crippen LogP contribution in [0.2, 0.25) is 5.02 Å². The highest BCUT2D eigenvalue weighted by molar-refractivity contribution is 6.30. The molecule has 0 bridgehead atoms. The molecule has 0 aliphatic rings. The lowest BCUT2D eigenvalue weighted by molar-refractivity contribution is -0.135. The molecule has 0 saturated heterocycles. The number of amides is 2. The van der Waals surface area contributed by atoms with Crippen molar-refractivity contribution in [3.05, 3.63) is 59.4 Å². The summed E-state index contributed by atoms with van der Waals surface area (Å²) in [6, 6.07) is 14.7. The molecule has 0 fully saturated rings. The van der Waals surface area contributed by atoms with Gasteiger partial charge in [-0.2, -0.15) is 0 Å². The normalized spacial score (nSPS) is 11.0. The zero-order chi connectivity index (χ0) is 21.7. The van der Waals surface area contributed by atoms with Gasteiger partial charge in [-0.3, -0.25) is 9.59 Å². The molecule has 0 spiro atoms. The number of carbonyl (C=O) groups excluding carboxylic acids is 2. The van der Waals surface area contributed by atoms with E-state index in [1.54, 1.807) is 31.3 Å². The predicted octanol–water partition coefficient (Wildman–Crippen LogP) is 3.25. The SMILES string of the molecule is CC(C)NC(=O)CN(C)C(=O)Cn1c(COc2ccc(Cl)cc2)nc2ccccc21. The van der Waals surface area contributed by atoms with Gasteiger partial charge in [0.2, 0.25) is 11.8 Å². The third-order valence-corrected chi connectivity index (χ3v) is 4.72. The highest BCUT2D eigenvalue weighted by atomic mass is 35.5. The van der Waals surface area contributed by atoms with Gasteiger partial charge >= 0.3 is 0 Å². The van der Waals surface area contributed by atoms with E-state index >= 15 is 0 Å². The summed E-state index contributed by atoms with van der Waals surface area (Å²) >= 11 is 5.92. The van der Waals surface area contributed by atoms with E-state index in [1.165, 1.54) is 4.90 Å². The van der Waals surface area contributed by atoms with E-state index in [1.807, 2.05) is 42.7 Å². The number of imidazole rings is 1. The smallest absolute Gasteiger partial charge is 0.242 e. The van der Waals surface area contributed by atoms with Gasteiger partial charge in [0.1, 0.15) is 24.7 Å². The number of ether oxygens (including phenoxy) is 1. The Hall–Kier alpha value is -3.06. The van der Waals surface area contributed by atoms with E-state index < -0.39 is 0 Å². The van der Waals surface area contributed by atoms with E-state index in [9.17, 15) is 9.59 Å². The molecule has 2 aromatic carbocycles. The standard InChI is InChI=1S/C22H25ClN4O3/c1-15(2)24-21(28)12-26(3)22(29)13-27-19-7-5-4-6-18(19)25-20(27)14-30-17-10-8-16(23)9-11-17/h4-11,15H,12-14H2,1-3H3,(H,24,28). The average molecular weight is 429 g/mol. The Morgan fingerprint density at radius 3 is 2.57 bits per heavy atom. The number of carbonyl (C=O) groups is 2. The zero-order valence-corrected chi connectivity index (χ0v) is 18.0. The summed E-state index contributed by atoms with van der Waals surface area (Å²) in [5, 5.41) is 3.42. The van der Waals surface area contributed by atoms with E-state index in [0.717, 1.165) is 11.0 Å². The van der Waals surface area contributed by atoms with Crippen LogP contribution < -0.4 is 10.1 Å². The molecule has 0 saturated carbocycles. The van der Waals surface area contributed by atoms with Crippen molar-refractivity contribution in [1.82, 2.24) is 19.8 Å². The van der Waals surface area contributed by atoms with Gasteiger partial charge in [0, 0.05) is 18.1 Å². The van der Waals surface area contributed by atoms with Gasteiger partial charge in [-0.05, 0) is 50.2 Å². The number of nitrogens with zero attached hydrogens (tertiary/aromatic N) is 3. The fourth-order valence-corrected chi connectivity index (χ4v) is 3.14. The van der Waals surface area contributed by atoms with Crippen molar-refractivity contribution in [1.29, 1.82) is 0 Å². The molecule has 0 radical (unpaired) electrons. The van der Waals surface area contributed by atoms with Crippen molar-refractivity contribution in [3.63, 3.8) is 0 Å². The zero-order valence-electron chi connectivity index (χ0n) is 17.3. The van der Waals surface area contributed by atoms with Crippen molar-refractivity contribution in [3.8, 4) is 5.75 Å². The third kappa shape index (κ3) is 5.51. The van der Waals surface area contributed by atoms with Crippen LogP contribution in [0.4, 0.5) is 0 Å². The summed E-state index contributed by atoms with van der Waals surface area (Å²) in [6.45, 7) is 4.02. The molecule has 8 heteroatoms. The summed E-state index contributed by atoms with van der Waals surface area (Å²) in [6.07, 6.45) is 0. The van der Waals surface area contributed by atoms with Crippen molar-refractivity contribution in [2.45, 2.75) is 33.0 Å². The van der Waals surface area contributed by atoms with Gasteiger partial charge in [0.25, 0.3) is 0 Å². The van der Waals surface area contributed by atoms with Crippen LogP contribution in [0.25, 0.3) is 11.0 Å². The molecule has 0 aliphatic carbocycles. The molecule has 0 aliphatic heterocycles. The minimum Gasteiger partial charge on any atom is -0.486 e. The quantitative estimate of drug-likeness (QED) is 0.597. The number of halogens is 1. The van der Waals surface area contributed by atoms with Gasteiger partial charge in [0.15, 0.2) is 0 Å². The van der Waals surface area contributed by atoms with Crippen molar-refractivity contribution >= 4 is 34.4 Å². The van der Waals surface area contributed by atoms with Crippen molar-refractivity contribution in [2.24, 2.45) is 0 Å². The van der Waals surface area contributed by atoms with Gasteiger partial charge in [-0.25, -0.2) is 4.98 Å². The topological polar surface area (TPSA) is 76.5 Å². The van der Waals surface area contributed by atoms with Crippen LogP contribution in [-0.4, -0.2) is 45.9 Å². The first-order valence-corrected chi connectivity index (χ1v) is 10.1. The fraction of sp³-hybridized carbons (Fsp3) is 0.318. The first-order valence-electron chi connectivity index (χ1n) is 9.69. The summed E-state index contributed by atoms with van der Waals surface area (Å²) in [4.78, 5) is 30.8. The Bertz CT molecular complexity index is 1030. The summed E-state index contributed by atoms with van der Waals surface area (Å²) in [7, 11) is 1.62. The number of benzene rings is 2. The van der Waals surface area contributed by atoms with Crippen LogP contribution in [0.1, 0.15) is 19.7 Å². The minimum absolute atomic E-state index is 0.000249. The molecule has 3 rings (SSSR count). The Labute approximate surface area is 180 Å². The number of likely N-dealkylation sites (N-methyl/N-ethyl adjacent to an activating group) is 1. The minimum atomic E-state index is -0.192. The monoisotopic (exact) mass is 428 g/mol. The Balaban J connectivity index is 1.76. The van der Waals surface area contributed by atoms with Gasteiger partial charge < -0.3 is 19.5 Å². The molecule has 0 atom stereocenters. The maximum atomic E-state index is 12.8. The molecular formula is C22H25ClN4O3. The molecule has 1 N–H and O–H groups in total. The number of hydrogen-bond acceptors (Lipinski definition) is 4. The van der Waals surface area contributed by atoms with Crippen LogP contribution in [0.15, 0.2) is 48.5 Å². The largest absolute Gasteiger partial charge is 0.486 e. The lowest BCUT2D eigenvalue weighted by Gasteiger charge is -2.19. The number of rotatable bonds is 8. The molecule has 1 aromatic heterocycles. The van der Waals surface area contributed by atoms with Gasteiger partial charge in [0.05, 0.1) is 17.6 Å². The van der Waals surface area contributed by atoms with Crippen LogP contribution >= 0.6 is 11.6 Å². The van der Waals surface area contributed by atoms with Crippen LogP contribution in [0.5, 0.6) is 5.75 Å². The summed E-state index contributed by atoms with van der Waals surface area (Å²) in [5.74, 6) is 0.902. The van der Waals surface area contributed by atoms with Gasteiger partial charge in [-0.15, -0.1) is 0 Å². The lowest BCUT2D eigenvalue weighted by atomic mass is 10.3. The number of para-hydroxylation sites is 2. The van der Waals surface area contributed by atoms with E-state index in [2.05, 4.69) is 10.3 Å². The highest BCUT2D eigenvalue weighted by Crippen LogP contribution is 2.20. The first-order chi connectivity index (χ1) is 14.3. The third-order valence-electron chi connectivity index (χ3n) is 4.46. The highest BCUT2D eigenvalue weighted by Gasteiger charge is 2.18. The Morgan fingerprint density at radius 1 is 1.17 bits per heavy atom. The van der Waals surface area contributed by atoms with Crippen molar-refractivity contribution in [2.75, 3.05) is 13.6 Å². The average Bonchev–Trinajstić information content (AvgIpc) is 3.04. The van der Waals surface area contributed by atoms with Gasteiger partial charge in [-0.1, -0.05) is 23.7 Å². The van der Waals surface area contributed by atoms with Crippen LogP contribution in [0.3, 0.4) is 0 Å². The second-order valence-corrected chi connectivity index (χ2v) is 7.75. The molecule has 2 amide bonds. The van der Waals surface area contributed by atoms with E-state index in [0.29, 0.717) is 16.6 Å². The summed E-state index contributed by atoms with van der Waals surface area (Å²) in [5.41, 5.74) is 1.61. The number of hydrogen-bond donors (Lipinski definition) is 1. The second kappa shape index (κ2) is 9.63. The molecule has 30 heavy (non-hydrogen) atoms. The molecule has 0 unspecified atom stereocenters. The maximum absolute atomic E-state index is 12.8. The molecular weight excluding hydrogens is 404 g/mol. The Morgan fingerprint density at radius 2 is 1.87 bits per heavy atom. The Kier molecular flexibility index (Phi) is 6.95. The number of nitrogens with one attached hydrogen (secondary N) is 1. The molecule has 1 heterocycles. The van der Waals surface area contributed by atoms with Crippen LogP contribution in [-0.2, 0) is 22.7 Å². The fourth-order valence-electron chi connectivity index (χ4n) is 3.02. The molecule has 7 nitrogen and oxygen atoms in total. The van der Waals surface area contributed by atoms with Crippen molar-refractivity contribution < 1.29 is 14.3 Å². The van der Waals surface area contributed by atoms with E-state index in [-0.39, 0.29) is 37.6 Å². The predicted molar refractivity (Wildman–Crippen MR) is 116 cm³/mol. The van der Waals surface area contributed by atoms with E-state index in [4.69, 9.17) is 16.3 Å². The number of fused-ring (bicyclic) bond motifs is 1.